The summed E-state index contributed by atoms with van der Waals surface area (Å²) in [6.07, 6.45) is 0.836. The highest BCUT2D eigenvalue weighted by Crippen LogP contribution is 2.20. The first-order valence-corrected chi connectivity index (χ1v) is 4.48. The number of nitrogens with one attached hydrogen (secondary N) is 1. The summed E-state index contributed by atoms with van der Waals surface area (Å²) in [6.45, 7) is 3.92. The Balaban J connectivity index is 3.06. The van der Waals surface area contributed by atoms with Gasteiger partial charge in [-0.15, -0.1) is 0 Å². The number of anilines is 1. The summed E-state index contributed by atoms with van der Waals surface area (Å²) in [7, 11) is 0. The van der Waals surface area contributed by atoms with Crippen molar-refractivity contribution in [2.75, 3.05) is 5.32 Å². The minimum absolute atomic E-state index is 0.617. The SMILES string of the molecule is CCc1cccc(C)c1NC(=O)C#N. The van der Waals surface area contributed by atoms with E-state index < -0.39 is 5.91 Å². The molecule has 72 valence electrons. The molecule has 14 heavy (non-hydrogen) atoms. The quantitative estimate of drug-likeness (QED) is 0.722. The zero-order valence-electron chi connectivity index (χ0n) is 8.29. The monoisotopic (exact) mass is 188 g/mol. The smallest absolute Gasteiger partial charge is 0.313 e. The maximum atomic E-state index is 10.9. The highest BCUT2D eigenvalue weighted by molar-refractivity contribution is 6.03. The molecule has 0 radical (unpaired) electrons. The van der Waals surface area contributed by atoms with E-state index in [0.717, 1.165) is 23.2 Å². The number of benzene rings is 1. The van der Waals surface area contributed by atoms with E-state index in [1.165, 1.54) is 0 Å². The topological polar surface area (TPSA) is 52.9 Å². The van der Waals surface area contributed by atoms with Gasteiger partial charge in [0.2, 0.25) is 0 Å². The van der Waals surface area contributed by atoms with Crippen LogP contribution < -0.4 is 5.32 Å². The van der Waals surface area contributed by atoms with Crippen molar-refractivity contribution in [3.8, 4) is 6.07 Å². The van der Waals surface area contributed by atoms with Crippen LogP contribution in [0.1, 0.15) is 18.1 Å². The Hall–Kier alpha value is -1.82. The zero-order valence-corrected chi connectivity index (χ0v) is 8.29. The van der Waals surface area contributed by atoms with Crippen molar-refractivity contribution in [1.29, 1.82) is 5.26 Å². The van der Waals surface area contributed by atoms with Crippen molar-refractivity contribution in [1.82, 2.24) is 0 Å². The molecule has 0 heterocycles. The van der Waals surface area contributed by atoms with Crippen molar-refractivity contribution >= 4 is 11.6 Å². The van der Waals surface area contributed by atoms with Gasteiger partial charge in [-0.2, -0.15) is 5.26 Å². The Morgan fingerprint density at radius 2 is 2.29 bits per heavy atom. The molecule has 1 aromatic rings. The molecular weight excluding hydrogens is 176 g/mol. The van der Waals surface area contributed by atoms with Crippen molar-refractivity contribution < 1.29 is 4.79 Å². The third-order valence-electron chi connectivity index (χ3n) is 2.08. The average Bonchev–Trinajstić information content (AvgIpc) is 2.20. The molecule has 0 aromatic heterocycles. The van der Waals surface area contributed by atoms with Gasteiger partial charge in [-0.3, -0.25) is 4.79 Å². The molecule has 3 heteroatoms. The first-order valence-electron chi connectivity index (χ1n) is 4.48. The van der Waals surface area contributed by atoms with Gasteiger partial charge in [-0.25, -0.2) is 0 Å². The summed E-state index contributed by atoms with van der Waals surface area (Å²) < 4.78 is 0. The normalized spacial score (nSPS) is 9.21. The number of aryl methyl sites for hydroxylation is 2. The third-order valence-corrected chi connectivity index (χ3v) is 2.08. The van der Waals surface area contributed by atoms with Gasteiger partial charge in [0.25, 0.3) is 0 Å². The lowest BCUT2D eigenvalue weighted by molar-refractivity contribution is -0.111. The fourth-order valence-electron chi connectivity index (χ4n) is 1.34. The molecule has 0 aliphatic heterocycles. The van der Waals surface area contributed by atoms with Gasteiger partial charge < -0.3 is 5.32 Å². The van der Waals surface area contributed by atoms with Crippen molar-refractivity contribution in [2.45, 2.75) is 20.3 Å². The molecule has 3 nitrogen and oxygen atoms in total. The predicted octanol–water partition coefficient (Wildman–Crippen LogP) is 2.02. The summed E-state index contributed by atoms with van der Waals surface area (Å²) in [6, 6.07) is 7.34. The highest BCUT2D eigenvalue weighted by atomic mass is 16.1. The van der Waals surface area contributed by atoms with Crippen molar-refractivity contribution in [3.05, 3.63) is 29.3 Å². The molecule has 0 aliphatic carbocycles. The second-order valence-corrected chi connectivity index (χ2v) is 3.03. The number of hydrogen-bond acceptors (Lipinski definition) is 2. The lowest BCUT2D eigenvalue weighted by Crippen LogP contribution is -2.11. The van der Waals surface area contributed by atoms with Crippen LogP contribution in [-0.4, -0.2) is 5.91 Å². The molecule has 0 atom stereocenters. The summed E-state index contributed by atoms with van der Waals surface area (Å²) in [5, 5.41) is 11.0. The first-order chi connectivity index (χ1) is 6.69. The lowest BCUT2D eigenvalue weighted by Gasteiger charge is -2.10. The molecule has 1 aromatic carbocycles. The van der Waals surface area contributed by atoms with Gasteiger partial charge in [0.15, 0.2) is 6.07 Å². The number of para-hydroxylation sites is 1. The zero-order chi connectivity index (χ0) is 10.6. The third kappa shape index (κ3) is 2.11. The number of rotatable bonds is 2. The van der Waals surface area contributed by atoms with Crippen LogP contribution in [0.15, 0.2) is 18.2 Å². The maximum absolute atomic E-state index is 10.9. The molecule has 1 N–H and O–H groups in total. The molecule has 0 bridgehead atoms. The number of hydrogen-bond donors (Lipinski definition) is 1. The maximum Gasteiger partial charge on any atom is 0.326 e. The minimum atomic E-state index is -0.617. The van der Waals surface area contributed by atoms with Gasteiger partial charge in [-0.1, -0.05) is 25.1 Å². The van der Waals surface area contributed by atoms with E-state index in [-0.39, 0.29) is 0 Å². The van der Waals surface area contributed by atoms with Gasteiger partial charge in [-0.05, 0) is 24.5 Å². The standard InChI is InChI=1S/C11H12N2O/c1-3-9-6-4-5-8(2)11(9)13-10(14)7-12/h4-6H,3H2,1-2H3,(H,13,14). The molecule has 1 rings (SSSR count). The molecular formula is C11H12N2O. The van der Waals surface area contributed by atoms with Gasteiger partial charge >= 0.3 is 5.91 Å². The molecule has 0 aliphatic rings. The molecule has 0 unspecified atom stereocenters. The summed E-state index contributed by atoms with van der Waals surface area (Å²) in [4.78, 5) is 10.9. The Morgan fingerprint density at radius 3 is 2.86 bits per heavy atom. The number of carbonyl (C=O) groups is 1. The number of carbonyl (C=O) groups excluding carboxylic acids is 1. The summed E-state index contributed by atoms with van der Waals surface area (Å²) in [5.41, 5.74) is 2.79. The Kier molecular flexibility index (Phi) is 3.24. The van der Waals surface area contributed by atoms with E-state index in [4.69, 9.17) is 5.26 Å². The fourth-order valence-corrected chi connectivity index (χ4v) is 1.34. The van der Waals surface area contributed by atoms with E-state index in [9.17, 15) is 4.79 Å². The number of amides is 1. The van der Waals surface area contributed by atoms with E-state index in [1.807, 2.05) is 32.0 Å². The molecule has 0 fully saturated rings. The predicted molar refractivity (Wildman–Crippen MR) is 54.8 cm³/mol. The van der Waals surface area contributed by atoms with Crippen molar-refractivity contribution in [3.63, 3.8) is 0 Å². The van der Waals surface area contributed by atoms with Crippen LogP contribution in [0, 0.1) is 18.3 Å². The lowest BCUT2D eigenvalue weighted by atomic mass is 10.1. The average molecular weight is 188 g/mol. The second kappa shape index (κ2) is 4.43. The van der Waals surface area contributed by atoms with Gasteiger partial charge in [0.05, 0.1) is 0 Å². The van der Waals surface area contributed by atoms with E-state index in [1.54, 1.807) is 6.07 Å². The minimum Gasteiger partial charge on any atom is -0.313 e. The van der Waals surface area contributed by atoms with Crippen LogP contribution in [0.3, 0.4) is 0 Å². The Bertz CT molecular complexity index is 391. The fraction of sp³-hybridized carbons (Fsp3) is 0.273. The largest absolute Gasteiger partial charge is 0.326 e. The molecule has 1 amide bonds. The first kappa shape index (κ1) is 10.3. The summed E-state index contributed by atoms with van der Waals surface area (Å²) >= 11 is 0. The highest BCUT2D eigenvalue weighted by Gasteiger charge is 2.06. The van der Waals surface area contributed by atoms with Crippen LogP contribution in [0.4, 0.5) is 5.69 Å². The number of nitrogens with zero attached hydrogens (tertiary/aromatic N) is 1. The molecule has 0 spiro atoms. The van der Waals surface area contributed by atoms with Crippen LogP contribution in [0.5, 0.6) is 0 Å². The summed E-state index contributed by atoms with van der Waals surface area (Å²) in [5.74, 6) is -0.617. The van der Waals surface area contributed by atoms with Crippen LogP contribution in [0.2, 0.25) is 0 Å². The van der Waals surface area contributed by atoms with Gasteiger partial charge in [0, 0.05) is 5.69 Å². The van der Waals surface area contributed by atoms with Crippen LogP contribution >= 0.6 is 0 Å². The Labute approximate surface area is 83.4 Å². The van der Waals surface area contributed by atoms with Gasteiger partial charge in [0.1, 0.15) is 0 Å². The Morgan fingerprint density at radius 1 is 1.57 bits per heavy atom. The second-order valence-electron chi connectivity index (χ2n) is 3.03. The van der Waals surface area contributed by atoms with Crippen LogP contribution in [0.25, 0.3) is 0 Å². The molecule has 0 saturated heterocycles. The van der Waals surface area contributed by atoms with Crippen molar-refractivity contribution in [2.24, 2.45) is 0 Å². The van der Waals surface area contributed by atoms with E-state index >= 15 is 0 Å². The van der Waals surface area contributed by atoms with E-state index in [2.05, 4.69) is 5.32 Å². The number of nitriles is 1. The van der Waals surface area contributed by atoms with Crippen LogP contribution in [-0.2, 0) is 11.2 Å². The van der Waals surface area contributed by atoms with E-state index in [0.29, 0.717) is 0 Å². The molecule has 0 saturated carbocycles.